The van der Waals surface area contributed by atoms with Crippen molar-refractivity contribution >= 4 is 235 Å². The van der Waals surface area contributed by atoms with Crippen molar-refractivity contribution in [3.8, 4) is 41.8 Å². The SMILES string of the molecule is C#C[Si](C)(C)C.C#Cc1ccc(Nc2sc3ncccc3c2C(=O)O)c(F)c1.C=COCCON.C[Si](C)(C)C#Cc1ccc(Nc2sc3ncccc3c2C(=O)O)c(F)c1.Fc1cc(I)ccc1N=C=S.N#CCc1cccnc1Cl.O=C(O)Cc1cccnc1Cl.O=C(O)c1c(Nc2ccc(I)cc2F)sc2ncccc12.O=CO[O-].[H-].[K+].[K+]. The molecule has 0 fully saturated rings. The van der Waals surface area contributed by atoms with E-state index in [1.165, 1.54) is 65.5 Å². The average Bonchev–Trinajstić information content (AvgIpc) is 1.65. The Bertz CT molecular complexity index is 5780. The number of hydrogen-bond acceptors (Lipinski definition) is 24. The third kappa shape index (κ3) is 38.3. The summed E-state index contributed by atoms with van der Waals surface area (Å²) in [5.74, 6) is 4.05. The van der Waals surface area contributed by atoms with Crippen LogP contribution in [0.5, 0.6) is 0 Å². The molecule has 40 heteroatoms. The van der Waals surface area contributed by atoms with Crippen LogP contribution >= 0.6 is 115 Å². The number of halogens is 8. The molecule has 120 heavy (non-hydrogen) atoms. The topological polar surface area (TPSA) is 380 Å². The zero-order valence-electron chi connectivity index (χ0n) is 65.8. The number of hydrogen-bond donors (Lipinski definition) is 8. The molecule has 9 N–H and O–H groups in total. The first-order valence-corrected chi connectivity index (χ1v) is 46.1. The van der Waals surface area contributed by atoms with E-state index in [1.807, 2.05) is 51.3 Å². The van der Waals surface area contributed by atoms with Crippen LogP contribution < -0.4 is 130 Å². The van der Waals surface area contributed by atoms with Gasteiger partial charge in [0.25, 0.3) is 6.47 Å². The zero-order valence-corrected chi connectivity index (χ0v) is 82.1. The Balaban J connectivity index is 0.000000713. The van der Waals surface area contributed by atoms with Gasteiger partial charge in [0, 0.05) is 76.5 Å². The summed E-state index contributed by atoms with van der Waals surface area (Å²) in [6.07, 6.45) is 19.8. The second-order valence-electron chi connectivity index (χ2n) is 24.5. The third-order valence-electron chi connectivity index (χ3n) is 13.7. The number of thiocarbonyl (C=S) groups is 1. The van der Waals surface area contributed by atoms with E-state index in [0.717, 1.165) is 24.0 Å². The minimum Gasteiger partial charge on any atom is -1.00 e. The van der Waals surface area contributed by atoms with Crippen molar-refractivity contribution in [2.24, 2.45) is 10.9 Å². The number of aliphatic imine (C=N–C) groups is 1. The van der Waals surface area contributed by atoms with E-state index in [-0.39, 0.29) is 167 Å². The van der Waals surface area contributed by atoms with Crippen LogP contribution in [0.4, 0.5) is 55.3 Å². The number of benzene rings is 4. The van der Waals surface area contributed by atoms with Gasteiger partial charge in [-0.05, 0) is 179 Å². The predicted molar refractivity (Wildman–Crippen MR) is 479 cm³/mol. The number of aliphatic carboxylic acids is 1. The van der Waals surface area contributed by atoms with E-state index in [2.05, 4.69) is 152 Å². The molecule has 0 unspecified atom stereocenters. The summed E-state index contributed by atoms with van der Waals surface area (Å²) in [4.78, 5) is 85.5. The third-order valence-corrected chi connectivity index (χ3v) is 20.6. The van der Waals surface area contributed by atoms with Crippen molar-refractivity contribution < 1.29 is 186 Å². The second-order valence-corrected chi connectivity index (χ2v) is 40.5. The Morgan fingerprint density at radius 2 is 1.01 bits per heavy atom. The second kappa shape index (κ2) is 56.7. The Labute approximate surface area is 830 Å². The molecule has 0 saturated carbocycles. The number of nitriles is 1. The summed E-state index contributed by atoms with van der Waals surface area (Å²) in [7, 11) is -2.64. The maximum Gasteiger partial charge on any atom is 1.00 e. The molecule has 24 nitrogen and oxygen atoms in total. The fourth-order valence-corrected chi connectivity index (χ4v) is 13.5. The van der Waals surface area contributed by atoms with Crippen LogP contribution in [0, 0.1) is 77.5 Å². The van der Waals surface area contributed by atoms with E-state index in [0.29, 0.717) is 87.1 Å². The predicted octanol–water partition coefficient (Wildman–Crippen LogP) is 13.9. The minimum absolute atomic E-state index is 0. The van der Waals surface area contributed by atoms with Gasteiger partial charge < -0.3 is 57.5 Å². The number of nitrogens with two attached hydrogens (primary N) is 1. The van der Waals surface area contributed by atoms with Crippen molar-refractivity contribution in [3.63, 3.8) is 0 Å². The number of rotatable bonds is 18. The van der Waals surface area contributed by atoms with Crippen molar-refractivity contribution in [1.82, 2.24) is 24.9 Å². The molecule has 0 saturated heterocycles. The first-order chi connectivity index (χ1) is 56.1. The number of carbonyl (C=O) groups is 5. The largest absolute Gasteiger partial charge is 1.00 e. The number of pyridine rings is 5. The van der Waals surface area contributed by atoms with Gasteiger partial charge in [-0.15, -0.1) is 23.9 Å². The number of ether oxygens (including phenoxy) is 1. The number of isothiocyanates is 1. The van der Waals surface area contributed by atoms with Crippen LogP contribution in [-0.2, 0) is 36.9 Å². The van der Waals surface area contributed by atoms with Gasteiger partial charge in [-0.3, -0.25) is 9.59 Å². The van der Waals surface area contributed by atoms with Gasteiger partial charge in [-0.1, -0.05) is 127 Å². The number of carboxylic acid groups (broad SMARTS) is 4. The van der Waals surface area contributed by atoms with Gasteiger partial charge >= 0.3 is 127 Å². The smallest absolute Gasteiger partial charge is 1.00 e. The molecule has 0 atom stereocenters. The molecule has 0 amide bonds. The van der Waals surface area contributed by atoms with Crippen LogP contribution in [0.15, 0.2) is 182 Å². The molecular weight excluding hydrogens is 1990 g/mol. The Hall–Kier alpha value is -7.88. The summed E-state index contributed by atoms with van der Waals surface area (Å²) in [6, 6.07) is 37.3. The Kier molecular flexibility index (Phi) is 51.1. The van der Waals surface area contributed by atoms with Crippen LogP contribution in [0.2, 0.25) is 49.6 Å². The van der Waals surface area contributed by atoms with E-state index >= 15 is 0 Å². The summed E-state index contributed by atoms with van der Waals surface area (Å²) in [5.41, 5.74) is 9.41. The van der Waals surface area contributed by atoms with Crippen LogP contribution in [0.3, 0.4) is 0 Å². The van der Waals surface area contributed by atoms with Crippen molar-refractivity contribution in [3.05, 3.63) is 257 Å². The van der Waals surface area contributed by atoms with Crippen LogP contribution in [-0.4, -0.2) is 110 Å². The normalized spacial score (nSPS) is 9.78. The first-order valence-electron chi connectivity index (χ1n) is 33.3. The van der Waals surface area contributed by atoms with Gasteiger partial charge in [0.2, 0.25) is 0 Å². The number of thiophene rings is 3. The van der Waals surface area contributed by atoms with Gasteiger partial charge in [-0.2, -0.15) is 10.3 Å². The zero-order chi connectivity index (χ0) is 87.7. The van der Waals surface area contributed by atoms with Crippen molar-refractivity contribution in [2.75, 3.05) is 29.2 Å². The number of carbonyl (C=O) groups excluding carboxylic acids is 1. The first kappa shape index (κ1) is 108. The number of aromatic nitrogens is 5. The number of nitrogens with zero attached hydrogens (tertiary/aromatic N) is 7. The fraction of sp³-hybridized carbons (Fsp3) is 0.125. The Morgan fingerprint density at radius 3 is 1.35 bits per heavy atom. The van der Waals surface area contributed by atoms with E-state index in [1.54, 1.807) is 128 Å². The summed E-state index contributed by atoms with van der Waals surface area (Å²) in [5, 5.41) is 67.5. The summed E-state index contributed by atoms with van der Waals surface area (Å²) < 4.78 is 61.5. The standard InChI is InChI=1S/C19H17FN2O2SSi.C16H9FN2O2S.C14H8FIN2O2S.C7H5ClN2.C7H6ClNO2.C7H3FINS.C5H10Si.C4H9NO2.CH2O3.2K.H/c1-26(2,3)10-8-12-6-7-15(14(20)11-12)22-18-16(19(23)24)13-5-4-9-21-17(13)25-18;1-2-9-5-6-12(11(17)8-9)19-15-13(16(20)21)10-4-3-7-18-14(10)22-15;15-9-6-7(16)3-4-10(9)18-13-11(14(19)20)8-2-1-5-17-12(8)21-13;8-7-6(3-4-9)2-1-5-10-7;8-7-5(4-6(10)11)2-1-3-9-7;8-6-3-5(9)1-2-7(6)10-4-11;1-5-6(2,3)4;1-2-6-3-4-7-5;2-1-4-3;;;/h4-7,9,11,22H,1-3H3,(H,23,24);1,3-8,19H,(H,20,21);1-6,18H,(H,19,20);1-2,5H,3H2;1-3H,4H2,(H,10,11);1-3H;1H,2-4H3;2H,1,3-5H2;1,3H;;;/q;;;;;;;;;2*+1;-1/p-1. The molecule has 0 aliphatic heterocycles. The van der Waals surface area contributed by atoms with Crippen molar-refractivity contribution in [2.45, 2.75) is 52.1 Å². The van der Waals surface area contributed by atoms with Crippen molar-refractivity contribution in [1.29, 1.82) is 5.26 Å². The van der Waals surface area contributed by atoms with Gasteiger partial charge in [0.1, 0.15) is 109 Å². The van der Waals surface area contributed by atoms with Gasteiger partial charge in [0.15, 0.2) is 5.82 Å². The molecule has 0 spiro atoms. The van der Waals surface area contributed by atoms with Gasteiger partial charge in [-0.25, -0.2) is 62.8 Å². The number of fused-ring (bicyclic) bond motifs is 3. The summed E-state index contributed by atoms with van der Waals surface area (Å²) >= 11 is 23.1. The monoisotopic (exact) mass is 2050 g/mol. The number of nitrogens with one attached hydrogen (secondary N) is 3. The quantitative estimate of drug-likeness (QED) is 0.00321. The maximum atomic E-state index is 14.5. The molecule has 12 aromatic rings. The minimum atomic E-state index is -1.54. The molecule has 0 aliphatic carbocycles. The molecule has 612 valence electrons. The maximum absolute atomic E-state index is 14.5. The number of anilines is 6. The molecule has 0 aliphatic rings. The number of carboxylic acids is 4. The summed E-state index contributed by atoms with van der Waals surface area (Å²) in [6.45, 7) is 16.8. The molecule has 0 bridgehead atoms. The average molecular weight is 2060 g/mol. The molecule has 4 aromatic carbocycles. The number of aromatic carboxylic acids is 3. The molecule has 12 rings (SSSR count). The molecule has 0 radical (unpaired) electrons. The Morgan fingerprint density at radius 1 is 0.625 bits per heavy atom. The van der Waals surface area contributed by atoms with E-state index in [4.69, 9.17) is 56.5 Å². The molecule has 8 aromatic heterocycles. The van der Waals surface area contributed by atoms with Crippen LogP contribution in [0.25, 0.3) is 30.6 Å². The fourth-order valence-electron chi connectivity index (χ4n) is 8.47. The molecule has 8 heterocycles. The van der Waals surface area contributed by atoms with E-state index < -0.39 is 57.5 Å². The molecular formula is C80H69Cl2F4I2K2N11O13S4Si2. The van der Waals surface area contributed by atoms with Crippen LogP contribution in [0.1, 0.15) is 54.8 Å². The number of terminal acetylenes is 2. The van der Waals surface area contributed by atoms with Gasteiger partial charge in [0.05, 0.1) is 47.4 Å². The van der Waals surface area contributed by atoms with E-state index in [9.17, 15) is 52.1 Å².